The minimum Gasteiger partial charge on any atom is -0.493 e. The lowest BCUT2D eigenvalue weighted by Gasteiger charge is -2.10. The first-order valence-electron chi connectivity index (χ1n) is 7.90. The molecule has 3 rings (SSSR count). The third-order valence-corrected chi connectivity index (χ3v) is 2.81. The molecule has 0 fully saturated rings. The highest BCUT2D eigenvalue weighted by molar-refractivity contribution is 5.48. The van der Waals surface area contributed by atoms with Crippen LogP contribution >= 0.6 is 0 Å². The molecule has 116 valence electrons. The van der Waals surface area contributed by atoms with Crippen molar-refractivity contribution in [2.75, 3.05) is 7.04 Å². The van der Waals surface area contributed by atoms with Crippen molar-refractivity contribution in [2.45, 2.75) is 0 Å². The predicted molar refractivity (Wildman–Crippen MR) is 80.6 cm³/mol. The summed E-state index contributed by atoms with van der Waals surface area (Å²) in [6, 6.07) is 7.40. The van der Waals surface area contributed by atoms with Crippen molar-refractivity contribution in [1.29, 1.82) is 0 Å². The number of aromatic hydroxyl groups is 1. The molecule has 8 heteroatoms. The molecule has 0 aliphatic rings. The number of hydrogen-bond donors (Lipinski definition) is 2. The van der Waals surface area contributed by atoms with Gasteiger partial charge in [-0.1, -0.05) is 12.1 Å². The van der Waals surface area contributed by atoms with Crippen LogP contribution < -0.4 is 15.0 Å². The first kappa shape index (κ1) is 11.2. The number of methoxy groups -OCH3 is 1. The van der Waals surface area contributed by atoms with Gasteiger partial charge in [0.1, 0.15) is 0 Å². The molecule has 2 heterocycles. The van der Waals surface area contributed by atoms with Gasteiger partial charge in [-0.2, -0.15) is 4.98 Å². The lowest BCUT2D eigenvalue weighted by molar-refractivity contribution is 0.358. The number of benzene rings is 1. The zero-order chi connectivity index (χ0) is 18.7. The second-order valence-corrected chi connectivity index (χ2v) is 4.29. The van der Waals surface area contributed by atoms with Gasteiger partial charge >= 0.3 is 0 Å². The van der Waals surface area contributed by atoms with Crippen LogP contribution in [0.3, 0.4) is 0 Å². The summed E-state index contributed by atoms with van der Waals surface area (Å²) < 4.78 is 31.7. The molecule has 2 N–H and O–H groups in total. The lowest BCUT2D eigenvalue weighted by atomic mass is 10.3. The number of ether oxygens (including phenoxy) is 2. The van der Waals surface area contributed by atoms with E-state index < -0.39 is 24.2 Å². The van der Waals surface area contributed by atoms with Gasteiger partial charge in [0, 0.05) is 12.4 Å². The Morgan fingerprint density at radius 2 is 1.91 bits per heavy atom. The van der Waals surface area contributed by atoms with Crippen LogP contribution in [0.4, 0.5) is 0 Å². The number of nitrogens with zero attached hydrogens (tertiary/aromatic N) is 3. The number of rotatable bonds is 4. The Labute approximate surface area is 134 Å². The molecule has 8 nitrogen and oxygen atoms in total. The largest absolute Gasteiger partial charge is 0.493 e. The standard InChI is InChI=1S/C15H12N4O4/c1-22-9-5-2-3-6-10(9)23-11-14(20)18-13(19-15(11)21)12-16-7-4-8-17-12/h2-8H,1H3,(H2,18,19,20,21)/i1D3. The topological polar surface area (TPSA) is 110 Å². The molecule has 0 bridgehead atoms. The molecule has 3 aromatic rings. The van der Waals surface area contributed by atoms with Crippen LogP contribution in [0.25, 0.3) is 11.6 Å². The molecule has 0 spiro atoms. The number of H-pyrrole nitrogens is 1. The van der Waals surface area contributed by atoms with Gasteiger partial charge in [0.15, 0.2) is 23.1 Å². The van der Waals surface area contributed by atoms with Crippen molar-refractivity contribution in [3.63, 3.8) is 0 Å². The molecular weight excluding hydrogens is 300 g/mol. The van der Waals surface area contributed by atoms with Crippen LogP contribution in [-0.2, 0) is 0 Å². The van der Waals surface area contributed by atoms with E-state index in [-0.39, 0.29) is 23.1 Å². The third-order valence-electron chi connectivity index (χ3n) is 2.81. The Balaban J connectivity index is 1.96. The Hall–Kier alpha value is -3.42. The van der Waals surface area contributed by atoms with E-state index >= 15 is 0 Å². The molecule has 0 aliphatic heterocycles. The van der Waals surface area contributed by atoms with Gasteiger partial charge in [-0.25, -0.2) is 9.97 Å². The number of nitrogens with one attached hydrogen (secondary N) is 1. The zero-order valence-corrected chi connectivity index (χ0v) is 11.6. The minimum atomic E-state index is -2.71. The highest BCUT2D eigenvalue weighted by Crippen LogP contribution is 2.32. The van der Waals surface area contributed by atoms with Crippen LogP contribution in [0.5, 0.6) is 23.1 Å². The molecule has 0 unspecified atom stereocenters. The molecular formula is C15H12N4O4. The van der Waals surface area contributed by atoms with E-state index in [0.29, 0.717) is 0 Å². The summed E-state index contributed by atoms with van der Waals surface area (Å²) in [5, 5.41) is 10.1. The first-order chi connectivity index (χ1) is 12.3. The van der Waals surface area contributed by atoms with Gasteiger partial charge in [-0.15, -0.1) is 0 Å². The van der Waals surface area contributed by atoms with Crippen LogP contribution in [0.1, 0.15) is 4.11 Å². The molecule has 0 amide bonds. The predicted octanol–water partition coefficient (Wildman–Crippen LogP) is 1.73. The van der Waals surface area contributed by atoms with Gasteiger partial charge in [0.2, 0.25) is 0 Å². The SMILES string of the molecule is [2H]C([2H])([2H])Oc1ccccc1Oc1c(O)nc(-c2ncccn2)[nH]c1=O. The second-order valence-electron chi connectivity index (χ2n) is 4.29. The normalized spacial score (nSPS) is 12.8. The summed E-state index contributed by atoms with van der Waals surface area (Å²) in [5.74, 6) is -1.37. The van der Waals surface area contributed by atoms with Crippen molar-refractivity contribution in [2.24, 2.45) is 0 Å². The molecule has 23 heavy (non-hydrogen) atoms. The first-order valence-corrected chi connectivity index (χ1v) is 6.40. The maximum Gasteiger partial charge on any atom is 0.298 e. The van der Waals surface area contributed by atoms with Crippen LogP contribution in [0, 0.1) is 0 Å². The average Bonchev–Trinajstić information content (AvgIpc) is 2.59. The quantitative estimate of drug-likeness (QED) is 0.754. The van der Waals surface area contributed by atoms with Crippen LogP contribution in [0.2, 0.25) is 0 Å². The number of hydrogen-bond acceptors (Lipinski definition) is 7. The van der Waals surface area contributed by atoms with Crippen molar-refractivity contribution in [1.82, 2.24) is 19.9 Å². The van der Waals surface area contributed by atoms with E-state index in [1.807, 2.05) is 0 Å². The zero-order valence-electron chi connectivity index (χ0n) is 14.6. The summed E-state index contributed by atoms with van der Waals surface area (Å²) in [5.41, 5.74) is -0.802. The highest BCUT2D eigenvalue weighted by Gasteiger charge is 2.16. The summed E-state index contributed by atoms with van der Waals surface area (Å²) in [6.07, 6.45) is 2.90. The van der Waals surface area contributed by atoms with Gasteiger partial charge in [-0.3, -0.25) is 4.79 Å². The number of aromatic nitrogens is 4. The molecule has 0 radical (unpaired) electrons. The number of aromatic amines is 1. The Morgan fingerprint density at radius 1 is 1.17 bits per heavy atom. The molecule has 0 aliphatic carbocycles. The van der Waals surface area contributed by atoms with Crippen molar-refractivity contribution >= 4 is 0 Å². The lowest BCUT2D eigenvalue weighted by Crippen LogP contribution is -2.12. The minimum absolute atomic E-state index is 0.0486. The monoisotopic (exact) mass is 315 g/mol. The summed E-state index contributed by atoms with van der Waals surface area (Å²) >= 11 is 0. The highest BCUT2D eigenvalue weighted by atomic mass is 16.5. The summed E-state index contributed by atoms with van der Waals surface area (Å²) in [4.78, 5) is 26.3. The Bertz CT molecular complexity index is 977. The fourth-order valence-corrected chi connectivity index (χ4v) is 1.80. The van der Waals surface area contributed by atoms with E-state index in [1.165, 1.54) is 30.6 Å². The van der Waals surface area contributed by atoms with Gasteiger partial charge in [-0.05, 0) is 18.2 Å². The molecule has 0 saturated heterocycles. The summed E-state index contributed by atoms with van der Waals surface area (Å²) in [7, 11) is -2.71. The van der Waals surface area contributed by atoms with E-state index in [4.69, 9.17) is 13.6 Å². The third kappa shape index (κ3) is 2.95. The van der Waals surface area contributed by atoms with Crippen molar-refractivity contribution in [3.8, 4) is 34.8 Å². The van der Waals surface area contributed by atoms with E-state index in [1.54, 1.807) is 12.1 Å². The Morgan fingerprint density at radius 3 is 2.61 bits per heavy atom. The van der Waals surface area contributed by atoms with Gasteiger partial charge in [0.05, 0.1) is 11.2 Å². The molecule has 1 aromatic carbocycles. The Kier molecular flexibility index (Phi) is 2.99. The van der Waals surface area contributed by atoms with Crippen LogP contribution in [0.15, 0.2) is 47.5 Å². The average molecular weight is 315 g/mol. The van der Waals surface area contributed by atoms with Crippen molar-refractivity contribution < 1.29 is 18.7 Å². The summed E-state index contributed by atoms with van der Waals surface area (Å²) in [6.45, 7) is 0. The number of para-hydroxylation sites is 2. The molecule has 0 saturated carbocycles. The maximum atomic E-state index is 12.2. The van der Waals surface area contributed by atoms with Gasteiger partial charge in [0.25, 0.3) is 17.2 Å². The fraction of sp³-hybridized carbons (Fsp3) is 0.0667. The molecule has 0 atom stereocenters. The van der Waals surface area contributed by atoms with Crippen LogP contribution in [-0.4, -0.2) is 32.1 Å². The maximum absolute atomic E-state index is 12.2. The smallest absolute Gasteiger partial charge is 0.298 e. The second kappa shape index (κ2) is 6.14. The molecule has 2 aromatic heterocycles. The fourth-order valence-electron chi connectivity index (χ4n) is 1.80. The van der Waals surface area contributed by atoms with Crippen molar-refractivity contribution in [3.05, 3.63) is 53.1 Å². The van der Waals surface area contributed by atoms with E-state index in [2.05, 4.69) is 19.9 Å². The van der Waals surface area contributed by atoms with Gasteiger partial charge < -0.3 is 19.6 Å². The van der Waals surface area contributed by atoms with E-state index in [0.717, 1.165) is 0 Å². The van der Waals surface area contributed by atoms with E-state index in [9.17, 15) is 9.90 Å².